The maximum Gasteiger partial charge on any atom is 0.326 e. The van der Waals surface area contributed by atoms with Crippen molar-refractivity contribution in [1.29, 1.82) is 0 Å². The number of nitrogens with one attached hydrogen (secondary N) is 2. The number of carbonyl (C=O) groups excluding carboxylic acids is 2. The third-order valence-electron chi connectivity index (χ3n) is 6.51. The van der Waals surface area contributed by atoms with Gasteiger partial charge in [0.1, 0.15) is 12.1 Å². The molecule has 36 heavy (non-hydrogen) atoms. The zero-order valence-electron chi connectivity index (χ0n) is 22.8. The number of aliphatic carboxylic acids is 2. The molecule has 8 heteroatoms. The molecule has 8 nitrogen and oxygen atoms in total. The molecule has 0 aromatic rings. The molecule has 4 N–H and O–H groups in total. The molecule has 0 rings (SSSR count). The summed E-state index contributed by atoms with van der Waals surface area (Å²) in [6.45, 7) is 4.06. The molecule has 0 spiro atoms. The average molecular weight is 513 g/mol. The van der Waals surface area contributed by atoms with Crippen molar-refractivity contribution in [2.45, 2.75) is 154 Å². The van der Waals surface area contributed by atoms with E-state index in [0.29, 0.717) is 19.3 Å². The van der Waals surface area contributed by atoms with Crippen molar-refractivity contribution >= 4 is 23.8 Å². The molecule has 2 amide bonds. The fourth-order valence-corrected chi connectivity index (χ4v) is 4.27. The van der Waals surface area contributed by atoms with Gasteiger partial charge in [0.15, 0.2) is 0 Å². The molecule has 210 valence electrons. The second kappa shape index (κ2) is 23.3. The highest BCUT2D eigenvalue weighted by molar-refractivity contribution is 5.86. The molecule has 0 saturated heterocycles. The summed E-state index contributed by atoms with van der Waals surface area (Å²) in [7, 11) is 0. The summed E-state index contributed by atoms with van der Waals surface area (Å²) in [6, 6.07) is -2.14. The third kappa shape index (κ3) is 20.1. The molecule has 0 aromatic carbocycles. The van der Waals surface area contributed by atoms with E-state index in [9.17, 15) is 24.3 Å². The smallest absolute Gasteiger partial charge is 0.326 e. The van der Waals surface area contributed by atoms with Crippen LogP contribution in [0.25, 0.3) is 0 Å². The molecule has 0 aliphatic heterocycles. The monoisotopic (exact) mass is 512 g/mol. The SMILES string of the molecule is CCCCCCCCCCCCCCCCCC(=O)NC(CCC(=O)NC(CCC)C(=O)O)C(=O)O. The van der Waals surface area contributed by atoms with Gasteiger partial charge in [-0.1, -0.05) is 110 Å². The van der Waals surface area contributed by atoms with Gasteiger partial charge < -0.3 is 20.8 Å². The van der Waals surface area contributed by atoms with E-state index in [0.717, 1.165) is 12.8 Å². The van der Waals surface area contributed by atoms with Crippen LogP contribution in [0.4, 0.5) is 0 Å². The first-order valence-corrected chi connectivity index (χ1v) is 14.4. The number of carboxylic acids is 2. The molecule has 0 saturated carbocycles. The van der Waals surface area contributed by atoms with Crippen molar-refractivity contribution in [2.75, 3.05) is 0 Å². The second-order valence-electron chi connectivity index (χ2n) is 9.94. The Kier molecular flexibility index (Phi) is 21.9. The summed E-state index contributed by atoms with van der Waals surface area (Å²) in [4.78, 5) is 46.7. The van der Waals surface area contributed by atoms with Crippen molar-refractivity contribution in [3.05, 3.63) is 0 Å². The van der Waals surface area contributed by atoms with Gasteiger partial charge in [-0.3, -0.25) is 9.59 Å². The van der Waals surface area contributed by atoms with E-state index in [1.54, 1.807) is 0 Å². The highest BCUT2D eigenvalue weighted by Crippen LogP contribution is 2.14. The van der Waals surface area contributed by atoms with Crippen LogP contribution in [0.15, 0.2) is 0 Å². The lowest BCUT2D eigenvalue weighted by molar-refractivity contribution is -0.143. The number of carbonyl (C=O) groups is 4. The van der Waals surface area contributed by atoms with Crippen LogP contribution in [-0.4, -0.2) is 46.0 Å². The lowest BCUT2D eigenvalue weighted by Crippen LogP contribution is -2.43. The van der Waals surface area contributed by atoms with E-state index in [1.807, 2.05) is 6.92 Å². The molecule has 2 atom stereocenters. The van der Waals surface area contributed by atoms with Crippen molar-refractivity contribution in [3.63, 3.8) is 0 Å². The van der Waals surface area contributed by atoms with Gasteiger partial charge in [0, 0.05) is 12.8 Å². The number of amides is 2. The largest absolute Gasteiger partial charge is 0.480 e. The van der Waals surface area contributed by atoms with E-state index in [-0.39, 0.29) is 25.2 Å². The normalized spacial score (nSPS) is 12.6. The highest BCUT2D eigenvalue weighted by atomic mass is 16.4. The van der Waals surface area contributed by atoms with Crippen molar-refractivity contribution in [3.8, 4) is 0 Å². The number of hydrogen-bond donors (Lipinski definition) is 4. The van der Waals surface area contributed by atoms with E-state index in [1.165, 1.54) is 77.0 Å². The van der Waals surface area contributed by atoms with Crippen molar-refractivity contribution in [2.24, 2.45) is 0 Å². The summed E-state index contributed by atoms with van der Waals surface area (Å²) in [5, 5.41) is 23.3. The lowest BCUT2D eigenvalue weighted by Gasteiger charge is -2.16. The van der Waals surface area contributed by atoms with Crippen LogP contribution in [0.1, 0.15) is 142 Å². The Morgan fingerprint density at radius 2 is 0.861 bits per heavy atom. The van der Waals surface area contributed by atoms with Gasteiger partial charge >= 0.3 is 11.9 Å². The Labute approximate surface area is 218 Å². The molecular weight excluding hydrogens is 460 g/mol. The predicted molar refractivity (Wildman–Crippen MR) is 143 cm³/mol. The maximum absolute atomic E-state index is 12.1. The molecule has 0 bridgehead atoms. The van der Waals surface area contributed by atoms with E-state index < -0.39 is 29.9 Å². The Hall–Kier alpha value is -2.12. The number of carboxylic acid groups (broad SMARTS) is 2. The predicted octanol–water partition coefficient (Wildman–Crippen LogP) is 5.97. The topological polar surface area (TPSA) is 133 Å². The Bertz CT molecular complexity index is 611. The zero-order chi connectivity index (χ0) is 27.0. The van der Waals surface area contributed by atoms with Crippen molar-refractivity contribution < 1.29 is 29.4 Å². The fourth-order valence-electron chi connectivity index (χ4n) is 4.27. The molecule has 0 fully saturated rings. The summed E-state index contributed by atoms with van der Waals surface area (Å²) in [5.41, 5.74) is 0. The molecule has 0 radical (unpaired) electrons. The molecule has 0 aromatic heterocycles. The minimum absolute atomic E-state index is 0.0791. The molecule has 0 aliphatic rings. The maximum atomic E-state index is 12.1. The first-order valence-electron chi connectivity index (χ1n) is 14.4. The van der Waals surface area contributed by atoms with Crippen LogP contribution in [0.2, 0.25) is 0 Å². The standard InChI is InChI=1S/C28H52N2O6/c1-3-5-6-7-8-9-10-11-12-13-14-15-16-17-18-20-25(31)30-24(28(35)36)21-22-26(32)29-23(19-4-2)27(33)34/h23-24H,3-22H2,1-2H3,(H,29,32)(H,30,31)(H,33,34)(H,35,36). The fraction of sp³-hybridized carbons (Fsp3) is 0.857. The summed E-state index contributed by atoms with van der Waals surface area (Å²) < 4.78 is 0. The minimum Gasteiger partial charge on any atom is -0.480 e. The van der Waals surface area contributed by atoms with Gasteiger partial charge in [-0.15, -0.1) is 0 Å². The van der Waals surface area contributed by atoms with Crippen LogP contribution < -0.4 is 10.6 Å². The molecular formula is C28H52N2O6. The number of unbranched alkanes of at least 4 members (excludes halogenated alkanes) is 14. The number of hydrogen-bond acceptors (Lipinski definition) is 4. The lowest BCUT2D eigenvalue weighted by atomic mass is 10.0. The third-order valence-corrected chi connectivity index (χ3v) is 6.51. The van der Waals surface area contributed by atoms with E-state index in [2.05, 4.69) is 17.6 Å². The quantitative estimate of drug-likeness (QED) is 0.111. The number of rotatable bonds is 25. The Morgan fingerprint density at radius 3 is 1.25 bits per heavy atom. The van der Waals surface area contributed by atoms with Gasteiger partial charge in [-0.25, -0.2) is 9.59 Å². The van der Waals surface area contributed by atoms with Gasteiger partial charge in [0.2, 0.25) is 11.8 Å². The van der Waals surface area contributed by atoms with Crippen LogP contribution in [0, 0.1) is 0 Å². The zero-order valence-corrected chi connectivity index (χ0v) is 22.8. The van der Waals surface area contributed by atoms with Gasteiger partial charge in [0.05, 0.1) is 0 Å². The Balaban J connectivity index is 3.83. The van der Waals surface area contributed by atoms with Gasteiger partial charge in [-0.2, -0.15) is 0 Å². The van der Waals surface area contributed by atoms with Crippen LogP contribution in [0.5, 0.6) is 0 Å². The average Bonchev–Trinajstić information content (AvgIpc) is 2.83. The van der Waals surface area contributed by atoms with Crippen LogP contribution in [0.3, 0.4) is 0 Å². The minimum atomic E-state index is -1.20. The highest BCUT2D eigenvalue weighted by Gasteiger charge is 2.23. The van der Waals surface area contributed by atoms with Gasteiger partial charge in [-0.05, 0) is 19.3 Å². The second-order valence-corrected chi connectivity index (χ2v) is 9.94. The summed E-state index contributed by atoms with van der Waals surface area (Å²) in [6.07, 6.45) is 19.5. The van der Waals surface area contributed by atoms with E-state index in [4.69, 9.17) is 5.11 Å². The van der Waals surface area contributed by atoms with E-state index >= 15 is 0 Å². The first-order chi connectivity index (χ1) is 17.3. The summed E-state index contributed by atoms with van der Waals surface area (Å²) >= 11 is 0. The van der Waals surface area contributed by atoms with Gasteiger partial charge in [0.25, 0.3) is 0 Å². The molecule has 2 unspecified atom stereocenters. The van der Waals surface area contributed by atoms with Crippen LogP contribution >= 0.6 is 0 Å². The summed E-state index contributed by atoms with van der Waals surface area (Å²) in [5.74, 6) is -3.17. The molecule has 0 heterocycles. The van der Waals surface area contributed by atoms with Crippen LogP contribution in [-0.2, 0) is 19.2 Å². The van der Waals surface area contributed by atoms with Crippen molar-refractivity contribution in [1.82, 2.24) is 10.6 Å². The Morgan fingerprint density at radius 1 is 0.500 bits per heavy atom. The molecule has 0 aliphatic carbocycles. The first kappa shape index (κ1) is 33.9.